The number of carboxylic acids is 1. The molecule has 21 heavy (non-hydrogen) atoms. The summed E-state index contributed by atoms with van der Waals surface area (Å²) in [7, 11) is 0. The van der Waals surface area contributed by atoms with Crippen LogP contribution in [0.4, 0.5) is 0 Å². The van der Waals surface area contributed by atoms with Gasteiger partial charge in [-0.2, -0.15) is 0 Å². The minimum absolute atomic E-state index is 0.402. The second-order valence-corrected chi connectivity index (χ2v) is 5.93. The molecule has 0 amide bonds. The number of hydrogen-bond acceptors (Lipinski definition) is 1. The van der Waals surface area contributed by atoms with Crippen LogP contribution in [0.1, 0.15) is 93.5 Å². The summed E-state index contributed by atoms with van der Waals surface area (Å²) in [5.74, 6) is -0.392. The average Bonchev–Trinajstić information content (AvgIpc) is 2.50. The van der Waals surface area contributed by atoms with Gasteiger partial charge in [0.2, 0.25) is 0 Å². The van der Waals surface area contributed by atoms with E-state index in [4.69, 9.17) is 0 Å². The molecule has 0 heterocycles. The maximum absolute atomic E-state index is 11.4. The lowest BCUT2D eigenvalue weighted by atomic mass is 9.86. The van der Waals surface area contributed by atoms with Crippen LogP contribution in [0.2, 0.25) is 0 Å². The van der Waals surface area contributed by atoms with Crippen LogP contribution < -0.4 is 0 Å². The first kappa shape index (κ1) is 17.7. The molecule has 0 aliphatic heterocycles. The number of unbranched alkanes of at least 4 members (excludes halogenated alkanes) is 5. The van der Waals surface area contributed by atoms with E-state index in [9.17, 15) is 9.90 Å². The van der Waals surface area contributed by atoms with Crippen molar-refractivity contribution in [2.75, 3.05) is 0 Å². The van der Waals surface area contributed by atoms with Crippen molar-refractivity contribution >= 4 is 5.97 Å². The number of benzene rings is 1. The molecule has 1 aromatic carbocycles. The monoisotopic (exact) mass is 290 g/mol. The zero-order chi connectivity index (χ0) is 15.5. The van der Waals surface area contributed by atoms with E-state index in [1.54, 1.807) is 6.07 Å². The molecule has 0 saturated carbocycles. The van der Waals surface area contributed by atoms with E-state index >= 15 is 0 Å². The summed E-state index contributed by atoms with van der Waals surface area (Å²) >= 11 is 0. The van der Waals surface area contributed by atoms with Crippen LogP contribution >= 0.6 is 0 Å². The van der Waals surface area contributed by atoms with Crippen molar-refractivity contribution in [2.24, 2.45) is 0 Å². The molecule has 0 bridgehead atoms. The molecule has 1 atom stereocenters. The summed E-state index contributed by atoms with van der Waals surface area (Å²) in [5, 5.41) is 9.38. The third-order valence-electron chi connectivity index (χ3n) is 4.19. The summed E-state index contributed by atoms with van der Waals surface area (Å²) < 4.78 is 0. The summed E-state index contributed by atoms with van der Waals surface area (Å²) in [4.78, 5) is 11.4. The van der Waals surface area contributed by atoms with Crippen LogP contribution in [-0.4, -0.2) is 11.1 Å². The van der Waals surface area contributed by atoms with Gasteiger partial charge in [0.25, 0.3) is 0 Å². The summed E-state index contributed by atoms with van der Waals surface area (Å²) in [6.45, 7) is 4.43. The Morgan fingerprint density at radius 1 is 0.952 bits per heavy atom. The topological polar surface area (TPSA) is 37.3 Å². The van der Waals surface area contributed by atoms with Crippen LogP contribution in [0, 0.1) is 0 Å². The fourth-order valence-electron chi connectivity index (χ4n) is 2.95. The average molecular weight is 290 g/mol. The highest BCUT2D eigenvalue weighted by Gasteiger charge is 2.17. The van der Waals surface area contributed by atoms with E-state index < -0.39 is 5.97 Å². The van der Waals surface area contributed by atoms with Gasteiger partial charge in [-0.1, -0.05) is 77.0 Å². The smallest absolute Gasteiger partial charge is 0.335 e. The Morgan fingerprint density at radius 3 is 2.24 bits per heavy atom. The first-order chi connectivity index (χ1) is 10.2. The third-order valence-corrected chi connectivity index (χ3v) is 4.19. The van der Waals surface area contributed by atoms with Crippen molar-refractivity contribution in [3.63, 3.8) is 0 Å². The molecule has 0 aliphatic rings. The van der Waals surface area contributed by atoms with E-state index in [0.717, 1.165) is 18.4 Å². The van der Waals surface area contributed by atoms with Crippen molar-refractivity contribution in [3.05, 3.63) is 35.4 Å². The zero-order valence-electron chi connectivity index (χ0n) is 13.6. The normalized spacial score (nSPS) is 12.3. The van der Waals surface area contributed by atoms with Crippen LogP contribution in [0.15, 0.2) is 24.3 Å². The maximum atomic E-state index is 11.4. The van der Waals surface area contributed by atoms with Crippen molar-refractivity contribution < 1.29 is 9.90 Å². The van der Waals surface area contributed by atoms with Gasteiger partial charge >= 0.3 is 5.97 Å². The Morgan fingerprint density at radius 2 is 1.57 bits per heavy atom. The van der Waals surface area contributed by atoms with Crippen molar-refractivity contribution in [1.82, 2.24) is 0 Å². The minimum atomic E-state index is -0.793. The zero-order valence-corrected chi connectivity index (χ0v) is 13.6. The molecule has 0 aliphatic carbocycles. The van der Waals surface area contributed by atoms with E-state index in [0.29, 0.717) is 11.5 Å². The van der Waals surface area contributed by atoms with Gasteiger partial charge in [0.1, 0.15) is 0 Å². The molecule has 0 spiro atoms. The third kappa shape index (κ3) is 6.33. The van der Waals surface area contributed by atoms with Crippen LogP contribution in [0.5, 0.6) is 0 Å². The fourth-order valence-corrected chi connectivity index (χ4v) is 2.95. The predicted octanol–water partition coefficient (Wildman–Crippen LogP) is 6.02. The molecular weight excluding hydrogens is 260 g/mol. The number of carbonyl (C=O) groups is 1. The molecule has 1 aromatic rings. The van der Waals surface area contributed by atoms with Gasteiger partial charge in [-0.15, -0.1) is 0 Å². The molecule has 1 rings (SSSR count). The largest absolute Gasteiger partial charge is 0.478 e. The highest BCUT2D eigenvalue weighted by molar-refractivity contribution is 5.89. The number of aromatic carboxylic acids is 1. The number of carboxylic acid groups (broad SMARTS) is 1. The first-order valence-electron chi connectivity index (χ1n) is 8.52. The highest BCUT2D eigenvalue weighted by atomic mass is 16.4. The van der Waals surface area contributed by atoms with Gasteiger partial charge in [0.15, 0.2) is 0 Å². The Kier molecular flexibility index (Phi) is 8.80. The highest BCUT2D eigenvalue weighted by Crippen LogP contribution is 2.30. The standard InChI is InChI=1S/C19H30O2/c1-3-5-7-8-9-13-16(12-6-4-2)17-14-10-11-15-18(17)19(20)21/h10-11,14-16H,3-9,12-13H2,1-2H3,(H,20,21). The van der Waals surface area contributed by atoms with Gasteiger partial charge in [0.05, 0.1) is 5.56 Å². The van der Waals surface area contributed by atoms with Crippen LogP contribution in [0.3, 0.4) is 0 Å². The van der Waals surface area contributed by atoms with Gasteiger partial charge in [-0.25, -0.2) is 4.79 Å². The molecule has 2 nitrogen and oxygen atoms in total. The second kappa shape index (κ2) is 10.4. The lowest BCUT2D eigenvalue weighted by Gasteiger charge is -2.19. The quantitative estimate of drug-likeness (QED) is 0.506. The molecule has 0 radical (unpaired) electrons. The van der Waals surface area contributed by atoms with E-state index in [1.165, 1.54) is 44.9 Å². The van der Waals surface area contributed by atoms with E-state index in [2.05, 4.69) is 13.8 Å². The van der Waals surface area contributed by atoms with E-state index in [-0.39, 0.29) is 0 Å². The maximum Gasteiger partial charge on any atom is 0.335 e. The molecule has 0 fully saturated rings. The Bertz CT molecular complexity index is 412. The van der Waals surface area contributed by atoms with E-state index in [1.807, 2.05) is 18.2 Å². The van der Waals surface area contributed by atoms with Crippen molar-refractivity contribution in [3.8, 4) is 0 Å². The Labute approximate surface area is 129 Å². The summed E-state index contributed by atoms with van der Waals surface area (Å²) in [5.41, 5.74) is 1.53. The first-order valence-corrected chi connectivity index (χ1v) is 8.52. The van der Waals surface area contributed by atoms with Gasteiger partial charge in [0, 0.05) is 0 Å². The second-order valence-electron chi connectivity index (χ2n) is 5.93. The van der Waals surface area contributed by atoms with Gasteiger partial charge < -0.3 is 5.11 Å². The molecule has 2 heteroatoms. The molecule has 0 saturated heterocycles. The number of hydrogen-bond donors (Lipinski definition) is 1. The molecule has 1 unspecified atom stereocenters. The SMILES string of the molecule is CCCCCCCC(CCCC)c1ccccc1C(=O)O. The van der Waals surface area contributed by atoms with Crippen molar-refractivity contribution in [2.45, 2.75) is 77.6 Å². The fraction of sp³-hybridized carbons (Fsp3) is 0.632. The van der Waals surface area contributed by atoms with Crippen LogP contribution in [0.25, 0.3) is 0 Å². The lowest BCUT2D eigenvalue weighted by Crippen LogP contribution is -2.08. The van der Waals surface area contributed by atoms with Crippen molar-refractivity contribution in [1.29, 1.82) is 0 Å². The Hall–Kier alpha value is -1.31. The van der Waals surface area contributed by atoms with Crippen LogP contribution in [-0.2, 0) is 0 Å². The lowest BCUT2D eigenvalue weighted by molar-refractivity contribution is 0.0695. The molecule has 1 N–H and O–H groups in total. The predicted molar refractivity (Wildman–Crippen MR) is 89.0 cm³/mol. The van der Waals surface area contributed by atoms with Gasteiger partial charge in [-0.05, 0) is 30.4 Å². The van der Waals surface area contributed by atoms with Gasteiger partial charge in [-0.3, -0.25) is 0 Å². The summed E-state index contributed by atoms with van der Waals surface area (Å²) in [6.07, 6.45) is 10.9. The molecule has 118 valence electrons. The number of rotatable bonds is 11. The summed E-state index contributed by atoms with van der Waals surface area (Å²) in [6, 6.07) is 7.55. The Balaban J connectivity index is 2.70. The minimum Gasteiger partial charge on any atom is -0.478 e. The molecular formula is C19H30O2. The molecule has 0 aromatic heterocycles.